The van der Waals surface area contributed by atoms with E-state index in [1.807, 2.05) is 67.8 Å². The van der Waals surface area contributed by atoms with Crippen LogP contribution in [0.2, 0.25) is 0 Å². The van der Waals surface area contributed by atoms with E-state index in [1.165, 1.54) is 0 Å². The number of pyridine rings is 1. The Hall–Kier alpha value is -4.99. The number of piperazine rings is 1. The van der Waals surface area contributed by atoms with Crippen molar-refractivity contribution in [1.29, 1.82) is 5.26 Å². The molecule has 49 heavy (non-hydrogen) atoms. The molecule has 5 aromatic rings. The lowest BCUT2D eigenvalue weighted by atomic mass is 9.85. The van der Waals surface area contributed by atoms with Gasteiger partial charge in [-0.25, -0.2) is 4.98 Å². The first-order valence-corrected chi connectivity index (χ1v) is 17.2. The Labute approximate surface area is 290 Å². The van der Waals surface area contributed by atoms with Crippen molar-refractivity contribution in [1.82, 2.24) is 29.4 Å². The number of nitrogens with zero attached hydrogens (tertiary/aromatic N) is 6. The number of anilines is 3. The second-order valence-electron chi connectivity index (χ2n) is 13.1. The van der Waals surface area contributed by atoms with Gasteiger partial charge in [-0.3, -0.25) is 19.2 Å². The van der Waals surface area contributed by atoms with Gasteiger partial charge in [0.1, 0.15) is 5.69 Å². The van der Waals surface area contributed by atoms with Crippen LogP contribution in [0.1, 0.15) is 65.5 Å². The Morgan fingerprint density at radius 2 is 1.86 bits per heavy atom. The van der Waals surface area contributed by atoms with Gasteiger partial charge in [-0.05, 0) is 92.0 Å². The Morgan fingerprint density at radius 1 is 1.06 bits per heavy atom. The maximum atomic E-state index is 13.8. The molecule has 1 fully saturated rings. The third-order valence-electron chi connectivity index (χ3n) is 8.94. The molecule has 3 N–H and O–H groups in total. The molecule has 4 heterocycles. The summed E-state index contributed by atoms with van der Waals surface area (Å²) in [5, 5.41) is 24.0. The Kier molecular flexibility index (Phi) is 10.1. The van der Waals surface area contributed by atoms with E-state index >= 15 is 0 Å². The number of aromatic amines is 1. The number of hydrogen-bond acceptors (Lipinski definition) is 7. The van der Waals surface area contributed by atoms with E-state index in [4.69, 9.17) is 0 Å². The van der Waals surface area contributed by atoms with Crippen LogP contribution in [0.4, 0.5) is 17.1 Å². The van der Waals surface area contributed by atoms with Crippen molar-refractivity contribution in [3.63, 3.8) is 0 Å². The lowest BCUT2D eigenvalue weighted by molar-refractivity contribution is 0.102. The molecule has 0 saturated carbocycles. The number of hydrogen-bond donors (Lipinski definition) is 3. The highest BCUT2D eigenvalue weighted by atomic mass is 31.0. The lowest BCUT2D eigenvalue weighted by Gasteiger charge is -2.34. The van der Waals surface area contributed by atoms with Crippen LogP contribution in [0, 0.1) is 30.1 Å². The van der Waals surface area contributed by atoms with E-state index in [9.17, 15) is 10.1 Å². The van der Waals surface area contributed by atoms with Crippen molar-refractivity contribution in [2.24, 2.45) is 0 Å². The molecule has 1 aliphatic heterocycles. The zero-order chi connectivity index (χ0) is 34.5. The predicted octanol–water partition coefficient (Wildman–Crippen LogP) is 5.59. The van der Waals surface area contributed by atoms with Crippen molar-refractivity contribution >= 4 is 43.2 Å². The summed E-state index contributed by atoms with van der Waals surface area (Å²) in [7, 11) is 2.68. The van der Waals surface area contributed by atoms with Gasteiger partial charge in [0.2, 0.25) is 0 Å². The highest BCUT2D eigenvalue weighted by Crippen LogP contribution is 2.28. The summed E-state index contributed by atoms with van der Waals surface area (Å²) < 4.78 is 1.93. The number of aromatic nitrogens is 4. The fourth-order valence-corrected chi connectivity index (χ4v) is 6.56. The molecule has 1 atom stereocenters. The van der Waals surface area contributed by atoms with E-state index in [0.29, 0.717) is 11.3 Å². The highest BCUT2D eigenvalue weighted by molar-refractivity contribution is 7.27. The molecule has 11 heteroatoms. The molecule has 0 bridgehead atoms. The summed E-state index contributed by atoms with van der Waals surface area (Å²) >= 11 is 0. The number of benzene rings is 2. The molecular formula is C38H42N9OP. The van der Waals surface area contributed by atoms with Gasteiger partial charge in [0.15, 0.2) is 5.65 Å². The Bertz CT molecular complexity index is 2070. The predicted molar refractivity (Wildman–Crippen MR) is 199 cm³/mol. The van der Waals surface area contributed by atoms with Crippen LogP contribution in [-0.2, 0) is 12.0 Å². The fourth-order valence-electron chi connectivity index (χ4n) is 6.09. The topological polar surface area (TPSA) is 117 Å². The minimum absolute atomic E-state index is 0.233. The lowest BCUT2D eigenvalue weighted by Crippen LogP contribution is -2.46. The summed E-state index contributed by atoms with van der Waals surface area (Å²) in [6.45, 7) is 14.0. The SMILES string of the molecule is CCCN1CCN(Cc2cc(NC(=O)c3cc(C#Cc4cnc5c(Nc6cn[nH]c6)cccn45)c(C)cc3P)cc(C(C)(C)C#N)c2)CC1. The molecule has 10 nitrogen and oxygen atoms in total. The molecule has 0 radical (unpaired) electrons. The average molecular weight is 672 g/mol. The normalized spacial score (nSPS) is 13.9. The third-order valence-corrected chi connectivity index (χ3v) is 9.42. The number of amides is 1. The van der Waals surface area contributed by atoms with Crippen LogP contribution >= 0.6 is 9.24 Å². The summed E-state index contributed by atoms with van der Waals surface area (Å²) in [4.78, 5) is 23.4. The molecular weight excluding hydrogens is 629 g/mol. The summed E-state index contributed by atoms with van der Waals surface area (Å²) in [6.07, 6.45) is 8.31. The molecule has 1 amide bonds. The van der Waals surface area contributed by atoms with Crippen LogP contribution in [0.5, 0.6) is 0 Å². The van der Waals surface area contributed by atoms with Crippen LogP contribution in [-0.4, -0.2) is 68.0 Å². The molecule has 1 aliphatic rings. The van der Waals surface area contributed by atoms with Crippen LogP contribution in [0.25, 0.3) is 5.65 Å². The first-order chi connectivity index (χ1) is 23.6. The van der Waals surface area contributed by atoms with Crippen LogP contribution < -0.4 is 15.9 Å². The van der Waals surface area contributed by atoms with Crippen molar-refractivity contribution in [3.8, 4) is 17.9 Å². The fraction of sp³-hybridized carbons (Fsp3) is 0.316. The van der Waals surface area contributed by atoms with Gasteiger partial charge >= 0.3 is 0 Å². The number of nitriles is 1. The van der Waals surface area contributed by atoms with Crippen LogP contribution in [0.15, 0.2) is 67.3 Å². The van der Waals surface area contributed by atoms with Gasteiger partial charge in [0.25, 0.3) is 5.91 Å². The molecule has 1 saturated heterocycles. The number of nitrogens with one attached hydrogen (secondary N) is 3. The summed E-state index contributed by atoms with van der Waals surface area (Å²) in [6, 6.07) is 16.2. The minimum atomic E-state index is -0.707. The Morgan fingerprint density at radius 3 is 2.59 bits per heavy atom. The second-order valence-corrected chi connectivity index (χ2v) is 13.7. The number of rotatable bonds is 9. The van der Waals surface area contributed by atoms with Crippen molar-refractivity contribution < 1.29 is 4.79 Å². The van der Waals surface area contributed by atoms with Crippen molar-refractivity contribution in [2.75, 3.05) is 43.4 Å². The maximum Gasteiger partial charge on any atom is 0.256 e. The molecule has 2 aromatic carbocycles. The average Bonchev–Trinajstić information content (AvgIpc) is 3.76. The number of carbonyl (C=O) groups is 1. The van der Waals surface area contributed by atoms with Gasteiger partial charge in [0.05, 0.1) is 35.3 Å². The first-order valence-electron chi connectivity index (χ1n) is 16.6. The number of aryl methyl sites for hydroxylation is 1. The smallest absolute Gasteiger partial charge is 0.256 e. The van der Waals surface area contributed by atoms with Gasteiger partial charge in [-0.2, -0.15) is 10.4 Å². The number of carbonyl (C=O) groups excluding carboxylic acids is 1. The molecule has 0 spiro atoms. The van der Waals surface area contributed by atoms with E-state index < -0.39 is 5.41 Å². The molecule has 250 valence electrons. The van der Waals surface area contributed by atoms with Crippen molar-refractivity contribution in [2.45, 2.75) is 46.1 Å². The minimum Gasteiger partial charge on any atom is -0.350 e. The highest BCUT2D eigenvalue weighted by Gasteiger charge is 2.23. The zero-order valence-corrected chi connectivity index (χ0v) is 29.6. The first kappa shape index (κ1) is 33.9. The zero-order valence-electron chi connectivity index (χ0n) is 28.5. The molecule has 0 aliphatic carbocycles. The quantitative estimate of drug-likeness (QED) is 0.138. The number of H-pyrrole nitrogens is 1. The second kappa shape index (κ2) is 14.6. The van der Waals surface area contributed by atoms with Crippen LogP contribution in [0.3, 0.4) is 0 Å². The van der Waals surface area contributed by atoms with Gasteiger partial charge in [-0.15, -0.1) is 9.24 Å². The van der Waals surface area contributed by atoms with Gasteiger partial charge in [0, 0.05) is 61.9 Å². The molecule has 3 aromatic heterocycles. The summed E-state index contributed by atoms with van der Waals surface area (Å²) in [5.74, 6) is 6.31. The number of imidazole rings is 1. The van der Waals surface area contributed by atoms with E-state index in [1.54, 1.807) is 18.6 Å². The van der Waals surface area contributed by atoms with E-state index in [0.717, 1.165) is 96.0 Å². The Balaban J connectivity index is 1.24. The largest absolute Gasteiger partial charge is 0.350 e. The molecule has 6 rings (SSSR count). The van der Waals surface area contributed by atoms with Crippen molar-refractivity contribution in [3.05, 3.63) is 101 Å². The maximum absolute atomic E-state index is 13.8. The van der Waals surface area contributed by atoms with E-state index in [2.05, 4.69) is 75.8 Å². The van der Waals surface area contributed by atoms with E-state index in [-0.39, 0.29) is 5.91 Å². The monoisotopic (exact) mass is 671 g/mol. The summed E-state index contributed by atoms with van der Waals surface area (Å²) in [5.41, 5.74) is 7.29. The number of fused-ring (bicyclic) bond motifs is 1. The standard InChI is InChI=1S/C38H42N9OP/c1-5-10-45-12-14-46(15-13-45)24-27-17-29(38(3,4)25-39)20-30(18-27)44-37(48)33-19-28(26(2)16-35(33)49)8-9-32-23-40-36-34(7-6-11-47(32)36)43-31-21-41-42-22-31/h6-7,11,16-23,43H,5,10,12-15,24,49H2,1-4H3,(H,41,42)(H,44,48). The van der Waals surface area contributed by atoms with Gasteiger partial charge in [-0.1, -0.05) is 25.0 Å². The molecule has 1 unspecified atom stereocenters. The van der Waals surface area contributed by atoms with Gasteiger partial charge < -0.3 is 15.5 Å². The third kappa shape index (κ3) is 7.85.